The highest BCUT2D eigenvalue weighted by Gasteiger charge is 2.35. The number of nitrogens with zero attached hydrogens (tertiary/aromatic N) is 1. The first kappa shape index (κ1) is 19.8. The van der Waals surface area contributed by atoms with Crippen LogP contribution < -0.4 is 10.1 Å². The van der Waals surface area contributed by atoms with Crippen molar-refractivity contribution in [3.63, 3.8) is 0 Å². The number of ether oxygens (including phenoxy) is 2. The summed E-state index contributed by atoms with van der Waals surface area (Å²) in [5.41, 5.74) is 1.23. The molecule has 1 aromatic carbocycles. The van der Waals surface area contributed by atoms with Crippen molar-refractivity contribution in [2.45, 2.75) is 64.5 Å². The van der Waals surface area contributed by atoms with E-state index in [4.69, 9.17) is 9.47 Å². The summed E-state index contributed by atoms with van der Waals surface area (Å²) < 4.78 is 10.6. The number of nitrogens with one attached hydrogen (secondary N) is 1. The third-order valence-corrected chi connectivity index (χ3v) is 4.51. The van der Waals surface area contributed by atoms with E-state index in [1.165, 1.54) is 6.92 Å². The fourth-order valence-corrected chi connectivity index (χ4v) is 3.20. The van der Waals surface area contributed by atoms with Gasteiger partial charge in [-0.05, 0) is 56.9 Å². The molecule has 1 atom stereocenters. The number of aryl methyl sites for hydroxylation is 2. The summed E-state index contributed by atoms with van der Waals surface area (Å²) in [6.07, 6.45) is 3.17. The third kappa shape index (κ3) is 5.48. The molecule has 2 rings (SSSR count). The van der Waals surface area contributed by atoms with Gasteiger partial charge in [-0.25, -0.2) is 4.79 Å². The molecule has 0 unspecified atom stereocenters. The number of carbonyl (C=O) groups is 2. The molecule has 1 N–H and O–H groups in total. The zero-order valence-electron chi connectivity index (χ0n) is 15.6. The van der Waals surface area contributed by atoms with Gasteiger partial charge in [0.1, 0.15) is 11.3 Å². The Kier molecular flexibility index (Phi) is 6.62. The van der Waals surface area contributed by atoms with Crippen LogP contribution in [-0.2, 0) is 14.3 Å². The van der Waals surface area contributed by atoms with Crippen LogP contribution in [0, 0.1) is 25.2 Å². The van der Waals surface area contributed by atoms with Crippen LogP contribution in [0.5, 0.6) is 5.75 Å². The van der Waals surface area contributed by atoms with Gasteiger partial charge in [0.15, 0.2) is 12.7 Å². The molecule has 1 aromatic rings. The number of carbonyl (C=O) groups excluding carboxylic acids is 2. The van der Waals surface area contributed by atoms with Gasteiger partial charge in [0.2, 0.25) is 0 Å². The summed E-state index contributed by atoms with van der Waals surface area (Å²) in [6.45, 7) is 5.11. The smallest absolute Gasteiger partial charge is 0.344 e. The van der Waals surface area contributed by atoms with E-state index in [1.54, 1.807) is 0 Å². The standard InChI is InChI=1S/C20H26N2O4/c1-14-9-15(2)11-17(10-14)25-12-18(23)26-16(3)19(24)22-20(13-21)7-5-4-6-8-20/h9-11,16H,4-8,12H2,1-3H3,(H,22,24)/t16-/m1/s1. The Hall–Kier alpha value is -2.55. The molecule has 6 nitrogen and oxygen atoms in total. The van der Waals surface area contributed by atoms with E-state index >= 15 is 0 Å². The molecule has 140 valence electrons. The molecule has 6 heteroatoms. The van der Waals surface area contributed by atoms with Crippen LogP contribution in [0.2, 0.25) is 0 Å². The predicted octanol–water partition coefficient (Wildman–Crippen LogP) is 2.96. The molecule has 0 bridgehead atoms. The van der Waals surface area contributed by atoms with E-state index in [9.17, 15) is 14.9 Å². The molecule has 1 aliphatic rings. The van der Waals surface area contributed by atoms with Gasteiger partial charge in [-0.2, -0.15) is 5.26 Å². The molecule has 0 radical (unpaired) electrons. The molecule has 1 aliphatic carbocycles. The van der Waals surface area contributed by atoms with Crippen LogP contribution in [-0.4, -0.2) is 30.1 Å². The summed E-state index contributed by atoms with van der Waals surface area (Å²) in [7, 11) is 0. The van der Waals surface area contributed by atoms with Crippen molar-refractivity contribution in [3.05, 3.63) is 29.3 Å². The fourth-order valence-electron chi connectivity index (χ4n) is 3.20. The molecule has 0 saturated heterocycles. The maximum Gasteiger partial charge on any atom is 0.344 e. The molecule has 1 saturated carbocycles. The molecule has 1 fully saturated rings. The predicted molar refractivity (Wildman–Crippen MR) is 96.5 cm³/mol. The van der Waals surface area contributed by atoms with Crippen molar-refractivity contribution in [1.29, 1.82) is 5.26 Å². The first-order valence-electron chi connectivity index (χ1n) is 8.97. The van der Waals surface area contributed by atoms with E-state index in [-0.39, 0.29) is 6.61 Å². The van der Waals surface area contributed by atoms with E-state index in [0.717, 1.165) is 30.4 Å². The van der Waals surface area contributed by atoms with Gasteiger partial charge < -0.3 is 14.8 Å². The van der Waals surface area contributed by atoms with E-state index < -0.39 is 23.5 Å². The lowest BCUT2D eigenvalue weighted by molar-refractivity contribution is -0.157. The van der Waals surface area contributed by atoms with Crippen molar-refractivity contribution >= 4 is 11.9 Å². The Morgan fingerprint density at radius 2 is 1.81 bits per heavy atom. The molecular weight excluding hydrogens is 332 g/mol. The van der Waals surface area contributed by atoms with Crippen LogP contribution in [0.25, 0.3) is 0 Å². The van der Waals surface area contributed by atoms with Gasteiger partial charge in [0.25, 0.3) is 5.91 Å². The molecule has 26 heavy (non-hydrogen) atoms. The number of rotatable bonds is 6. The summed E-state index contributed by atoms with van der Waals surface area (Å²) in [5.74, 6) is -0.489. The van der Waals surface area contributed by atoms with Gasteiger partial charge >= 0.3 is 5.97 Å². The van der Waals surface area contributed by atoms with Crippen molar-refractivity contribution < 1.29 is 19.1 Å². The molecule has 0 aromatic heterocycles. The SMILES string of the molecule is Cc1cc(C)cc(OCC(=O)O[C@H](C)C(=O)NC2(C#N)CCCCC2)c1. The zero-order valence-corrected chi connectivity index (χ0v) is 15.6. The van der Waals surface area contributed by atoms with Crippen molar-refractivity contribution in [3.8, 4) is 11.8 Å². The minimum atomic E-state index is -0.975. The average Bonchev–Trinajstić information content (AvgIpc) is 2.60. The van der Waals surface area contributed by atoms with Gasteiger partial charge in [-0.15, -0.1) is 0 Å². The van der Waals surface area contributed by atoms with Crippen LogP contribution in [0.4, 0.5) is 0 Å². The minimum absolute atomic E-state index is 0.274. The highest BCUT2D eigenvalue weighted by Crippen LogP contribution is 2.27. The van der Waals surface area contributed by atoms with Crippen LogP contribution in [0.15, 0.2) is 18.2 Å². The normalized spacial score (nSPS) is 16.8. The van der Waals surface area contributed by atoms with Gasteiger partial charge in [-0.3, -0.25) is 4.79 Å². The molecule has 0 aliphatic heterocycles. The molecule has 0 spiro atoms. The minimum Gasteiger partial charge on any atom is -0.482 e. The number of hydrogen-bond donors (Lipinski definition) is 1. The van der Waals surface area contributed by atoms with Gasteiger partial charge in [0.05, 0.1) is 6.07 Å². The van der Waals surface area contributed by atoms with Crippen molar-refractivity contribution in [1.82, 2.24) is 5.32 Å². The Morgan fingerprint density at radius 3 is 2.38 bits per heavy atom. The second kappa shape index (κ2) is 8.70. The Labute approximate surface area is 154 Å². The highest BCUT2D eigenvalue weighted by atomic mass is 16.6. The third-order valence-electron chi connectivity index (χ3n) is 4.51. The first-order valence-corrected chi connectivity index (χ1v) is 8.97. The lowest BCUT2D eigenvalue weighted by Gasteiger charge is -2.32. The monoisotopic (exact) mass is 358 g/mol. The lowest BCUT2D eigenvalue weighted by atomic mass is 9.83. The maximum absolute atomic E-state index is 12.3. The van der Waals surface area contributed by atoms with Gasteiger partial charge in [0, 0.05) is 0 Å². The van der Waals surface area contributed by atoms with E-state index in [1.807, 2.05) is 32.0 Å². The average molecular weight is 358 g/mol. The first-order chi connectivity index (χ1) is 12.3. The van der Waals surface area contributed by atoms with Crippen molar-refractivity contribution in [2.24, 2.45) is 0 Å². The summed E-state index contributed by atoms with van der Waals surface area (Å²) in [6, 6.07) is 7.88. The molecular formula is C20H26N2O4. The largest absolute Gasteiger partial charge is 0.482 e. The Morgan fingerprint density at radius 1 is 1.19 bits per heavy atom. The van der Waals surface area contributed by atoms with Crippen molar-refractivity contribution in [2.75, 3.05) is 6.61 Å². The van der Waals surface area contributed by atoms with E-state index in [0.29, 0.717) is 18.6 Å². The second-order valence-electron chi connectivity index (χ2n) is 6.99. The molecule has 0 heterocycles. The quantitative estimate of drug-likeness (QED) is 0.790. The Balaban J connectivity index is 1.84. The Bertz CT molecular complexity index is 682. The summed E-state index contributed by atoms with van der Waals surface area (Å²) in [4.78, 5) is 24.2. The summed E-state index contributed by atoms with van der Waals surface area (Å²) in [5, 5.41) is 12.2. The number of nitriles is 1. The van der Waals surface area contributed by atoms with Crippen LogP contribution in [0.1, 0.15) is 50.2 Å². The second-order valence-corrected chi connectivity index (χ2v) is 6.99. The maximum atomic E-state index is 12.3. The lowest BCUT2D eigenvalue weighted by Crippen LogP contribution is -2.52. The zero-order chi connectivity index (χ0) is 19.2. The van der Waals surface area contributed by atoms with Crippen LogP contribution in [0.3, 0.4) is 0 Å². The fraction of sp³-hybridized carbons (Fsp3) is 0.550. The number of amides is 1. The summed E-state index contributed by atoms with van der Waals surface area (Å²) >= 11 is 0. The number of hydrogen-bond acceptors (Lipinski definition) is 5. The van der Waals surface area contributed by atoms with Crippen LogP contribution >= 0.6 is 0 Å². The highest BCUT2D eigenvalue weighted by molar-refractivity contribution is 5.84. The topological polar surface area (TPSA) is 88.4 Å². The van der Waals surface area contributed by atoms with E-state index in [2.05, 4.69) is 11.4 Å². The molecule has 1 amide bonds. The van der Waals surface area contributed by atoms with Gasteiger partial charge in [-0.1, -0.05) is 25.3 Å². The number of esters is 1. The number of benzene rings is 1.